The van der Waals surface area contributed by atoms with E-state index < -0.39 is 0 Å². The number of amides is 2. The van der Waals surface area contributed by atoms with Gasteiger partial charge in [-0.05, 0) is 12.8 Å². The average molecular weight is 589 g/mol. The lowest BCUT2D eigenvalue weighted by Crippen LogP contribution is -2.22. The highest BCUT2D eigenvalue weighted by Crippen LogP contribution is 2.14. The zero-order chi connectivity index (χ0) is 30.6. The molecule has 0 radical (unpaired) electrons. The first-order chi connectivity index (χ1) is 20.7. The molecule has 0 aromatic rings. The van der Waals surface area contributed by atoms with Crippen LogP contribution in [0.4, 0.5) is 0 Å². The van der Waals surface area contributed by atoms with Crippen LogP contribution in [-0.2, 0) is 9.59 Å². The van der Waals surface area contributed by atoms with E-state index in [-0.39, 0.29) is 11.8 Å². The highest BCUT2D eigenvalue weighted by Gasteiger charge is 1.98. The maximum atomic E-state index is 11.9. The van der Waals surface area contributed by atoms with Crippen molar-refractivity contribution < 1.29 is 9.59 Å². The van der Waals surface area contributed by atoms with Crippen molar-refractivity contribution >= 4 is 11.8 Å². The van der Waals surface area contributed by atoms with Crippen molar-refractivity contribution in [2.45, 2.75) is 194 Å². The van der Waals surface area contributed by atoms with E-state index in [9.17, 15) is 9.59 Å². The van der Waals surface area contributed by atoms with Gasteiger partial charge in [-0.1, -0.05) is 193 Å². The molecule has 0 aliphatic rings. The van der Waals surface area contributed by atoms with Gasteiger partial charge >= 0.3 is 0 Å². The van der Waals surface area contributed by atoms with Crippen molar-refractivity contribution in [2.24, 2.45) is 0 Å². The first kappa shape index (κ1) is 40.4. The average Bonchev–Trinajstić information content (AvgIpc) is 2.99. The van der Waals surface area contributed by atoms with E-state index in [2.05, 4.69) is 24.5 Å². The van der Waals surface area contributed by atoms with E-state index in [0.717, 1.165) is 25.9 Å². The summed E-state index contributed by atoms with van der Waals surface area (Å²) in [6.45, 7) is 6.01. The molecular weight excluding hydrogens is 516 g/mol. The van der Waals surface area contributed by atoms with Crippen LogP contribution >= 0.6 is 0 Å². The lowest BCUT2D eigenvalue weighted by molar-refractivity contribution is -0.117. The van der Waals surface area contributed by atoms with Gasteiger partial charge in [-0.3, -0.25) is 9.59 Å². The van der Waals surface area contributed by atoms with Crippen LogP contribution in [0.5, 0.6) is 0 Å². The maximum Gasteiger partial charge on any atom is 0.243 e. The maximum absolute atomic E-state index is 11.9. The fourth-order valence-corrected chi connectivity index (χ4v) is 5.47. The van der Waals surface area contributed by atoms with Crippen molar-refractivity contribution in [1.82, 2.24) is 10.6 Å². The molecule has 0 unspecified atom stereocenters. The Balaban J connectivity index is 3.40. The van der Waals surface area contributed by atoms with Crippen LogP contribution in [0, 0.1) is 0 Å². The second-order valence-corrected chi connectivity index (χ2v) is 12.5. The molecule has 0 fully saturated rings. The van der Waals surface area contributed by atoms with Crippen molar-refractivity contribution in [3.05, 3.63) is 24.3 Å². The summed E-state index contributed by atoms with van der Waals surface area (Å²) in [4.78, 5) is 23.8. The van der Waals surface area contributed by atoms with E-state index in [0.29, 0.717) is 0 Å². The van der Waals surface area contributed by atoms with Gasteiger partial charge in [-0.25, -0.2) is 0 Å². The number of hydrogen-bond acceptors (Lipinski definition) is 2. The van der Waals surface area contributed by atoms with Crippen LogP contribution in [0.3, 0.4) is 0 Å². The number of nitrogens with one attached hydrogen (secondary N) is 2. The molecule has 4 nitrogen and oxygen atoms in total. The quantitative estimate of drug-likeness (QED) is 0.0455. The summed E-state index contributed by atoms with van der Waals surface area (Å²) in [7, 11) is 0. The zero-order valence-electron chi connectivity index (χ0n) is 28.3. The third-order valence-electron chi connectivity index (χ3n) is 8.27. The number of hydrogen-bond donors (Lipinski definition) is 2. The van der Waals surface area contributed by atoms with Crippen LogP contribution in [0.1, 0.15) is 194 Å². The fourth-order valence-electron chi connectivity index (χ4n) is 5.47. The van der Waals surface area contributed by atoms with Gasteiger partial charge in [-0.2, -0.15) is 0 Å². The van der Waals surface area contributed by atoms with Gasteiger partial charge in [-0.15, -0.1) is 0 Å². The summed E-state index contributed by atoms with van der Waals surface area (Å²) >= 11 is 0. The molecule has 42 heavy (non-hydrogen) atoms. The molecule has 0 bridgehead atoms. The fraction of sp³-hybridized carbons (Fsp3) is 0.842. The molecule has 0 aliphatic carbocycles. The van der Waals surface area contributed by atoms with E-state index in [1.165, 1.54) is 179 Å². The van der Waals surface area contributed by atoms with E-state index in [1.54, 1.807) is 12.2 Å². The van der Waals surface area contributed by atoms with E-state index in [1.807, 2.05) is 0 Å². The number of carbonyl (C=O) groups excluding carboxylic acids is 2. The van der Waals surface area contributed by atoms with Gasteiger partial charge in [0.25, 0.3) is 0 Å². The third kappa shape index (κ3) is 34.6. The van der Waals surface area contributed by atoms with Gasteiger partial charge < -0.3 is 10.6 Å². The molecule has 0 saturated carbocycles. The Bertz CT molecular complexity index is 575. The molecule has 0 aliphatic heterocycles. The van der Waals surface area contributed by atoms with Crippen molar-refractivity contribution in [2.75, 3.05) is 13.1 Å². The predicted octanol–water partition coefficient (Wildman–Crippen LogP) is 11.3. The van der Waals surface area contributed by atoms with Crippen LogP contribution in [0.2, 0.25) is 0 Å². The number of carbonyl (C=O) groups is 2. The molecule has 0 saturated heterocycles. The SMILES string of the molecule is CCCCCCCCCCCCCCCCNC(=O)/C=C\C=C/C(=O)NCCCCCCCCCCCCCCCC. The Morgan fingerprint density at radius 3 is 0.810 bits per heavy atom. The third-order valence-corrected chi connectivity index (χ3v) is 8.27. The molecule has 0 spiro atoms. The molecular formula is C38H72N2O2. The summed E-state index contributed by atoms with van der Waals surface area (Å²) in [6, 6.07) is 0. The lowest BCUT2D eigenvalue weighted by atomic mass is 10.0. The van der Waals surface area contributed by atoms with E-state index in [4.69, 9.17) is 0 Å². The second kappa shape index (κ2) is 35.6. The minimum absolute atomic E-state index is 0.0860. The summed E-state index contributed by atoms with van der Waals surface area (Å²) < 4.78 is 0. The van der Waals surface area contributed by atoms with Gasteiger partial charge in [0.2, 0.25) is 11.8 Å². The van der Waals surface area contributed by atoms with Gasteiger partial charge in [0.1, 0.15) is 0 Å². The lowest BCUT2D eigenvalue weighted by Gasteiger charge is -2.04. The molecule has 2 N–H and O–H groups in total. The highest BCUT2D eigenvalue weighted by atomic mass is 16.2. The topological polar surface area (TPSA) is 58.2 Å². The molecule has 0 heterocycles. The minimum atomic E-state index is -0.0860. The van der Waals surface area contributed by atoms with Crippen molar-refractivity contribution in [1.29, 1.82) is 0 Å². The Labute approximate surface area is 262 Å². The van der Waals surface area contributed by atoms with E-state index >= 15 is 0 Å². The van der Waals surface area contributed by atoms with Crippen LogP contribution < -0.4 is 10.6 Å². The smallest absolute Gasteiger partial charge is 0.243 e. The molecule has 2 amide bonds. The Morgan fingerprint density at radius 2 is 0.571 bits per heavy atom. The summed E-state index contributed by atoms with van der Waals surface area (Å²) in [5.41, 5.74) is 0. The van der Waals surface area contributed by atoms with Crippen molar-refractivity contribution in [3.63, 3.8) is 0 Å². The van der Waals surface area contributed by atoms with Crippen LogP contribution in [0.25, 0.3) is 0 Å². The minimum Gasteiger partial charge on any atom is -0.353 e. The standard InChI is InChI=1S/C38H72N2O2/c1-3-5-7-9-11-13-15-17-19-21-23-25-27-31-35-39-37(41)33-29-30-34-38(42)40-36-32-28-26-24-22-20-18-16-14-12-10-8-6-4-2/h29-30,33-34H,3-28,31-32,35-36H2,1-2H3,(H,39,41)(H,40,42)/b33-29-,34-30-. The largest absolute Gasteiger partial charge is 0.353 e. The summed E-state index contributed by atoms with van der Waals surface area (Å²) in [5.74, 6) is -0.172. The second-order valence-electron chi connectivity index (χ2n) is 12.5. The molecule has 0 rings (SSSR count). The summed E-state index contributed by atoms with van der Waals surface area (Å²) in [6.07, 6.45) is 43.8. The highest BCUT2D eigenvalue weighted by molar-refractivity contribution is 5.89. The first-order valence-electron chi connectivity index (χ1n) is 18.6. The molecule has 246 valence electrons. The molecule has 0 aromatic heterocycles. The van der Waals surface area contributed by atoms with Gasteiger partial charge in [0.05, 0.1) is 0 Å². The Morgan fingerprint density at radius 1 is 0.357 bits per heavy atom. The van der Waals surface area contributed by atoms with Gasteiger partial charge in [0.15, 0.2) is 0 Å². The Hall–Kier alpha value is -1.58. The first-order valence-corrected chi connectivity index (χ1v) is 18.6. The van der Waals surface area contributed by atoms with Crippen molar-refractivity contribution in [3.8, 4) is 0 Å². The summed E-state index contributed by atoms with van der Waals surface area (Å²) in [5, 5.41) is 5.88. The number of rotatable bonds is 33. The van der Waals surface area contributed by atoms with Crippen LogP contribution in [0.15, 0.2) is 24.3 Å². The predicted molar refractivity (Wildman–Crippen MR) is 185 cm³/mol. The number of unbranched alkanes of at least 4 members (excludes halogenated alkanes) is 26. The Kier molecular flexibility index (Phi) is 34.3. The van der Waals surface area contributed by atoms with Gasteiger partial charge in [0, 0.05) is 25.2 Å². The number of allylic oxidation sites excluding steroid dienone is 2. The van der Waals surface area contributed by atoms with Crippen LogP contribution in [-0.4, -0.2) is 24.9 Å². The molecule has 0 aromatic carbocycles. The zero-order valence-corrected chi connectivity index (χ0v) is 28.3. The molecule has 0 atom stereocenters. The monoisotopic (exact) mass is 589 g/mol. The normalized spacial score (nSPS) is 11.6. The molecule has 4 heteroatoms.